The first-order valence-corrected chi connectivity index (χ1v) is 11.6. The van der Waals surface area contributed by atoms with E-state index in [0.717, 1.165) is 18.2 Å². The third-order valence-corrected chi connectivity index (χ3v) is 5.46. The lowest BCUT2D eigenvalue weighted by Crippen LogP contribution is -2.03. The zero-order chi connectivity index (χ0) is 30.4. The van der Waals surface area contributed by atoms with Crippen LogP contribution in [0.1, 0.15) is 16.7 Å². The van der Waals surface area contributed by atoms with Gasteiger partial charge in [-0.1, -0.05) is 0 Å². The van der Waals surface area contributed by atoms with Crippen LogP contribution in [0.5, 0.6) is 35.3 Å². The molecule has 0 saturated heterocycles. The predicted molar refractivity (Wildman–Crippen MR) is 137 cm³/mol. The van der Waals surface area contributed by atoms with E-state index >= 15 is 0 Å². The molecular weight excluding hydrogens is 564 g/mol. The molecule has 1 aromatic heterocycles. The summed E-state index contributed by atoms with van der Waals surface area (Å²) in [5, 5.41) is 62.0. The third kappa shape index (κ3) is 6.65. The minimum atomic E-state index is -0.689. The molecule has 18 nitrogen and oxygen atoms in total. The van der Waals surface area contributed by atoms with Crippen molar-refractivity contribution < 1.29 is 44.3 Å². The summed E-state index contributed by atoms with van der Waals surface area (Å²) in [4.78, 5) is 43.4. The Morgan fingerprint density at radius 1 is 0.524 bits per heavy atom. The Morgan fingerprint density at radius 3 is 1.00 bits per heavy atom. The molecule has 18 heteroatoms. The van der Waals surface area contributed by atoms with E-state index in [2.05, 4.69) is 15.0 Å². The second-order valence-corrected chi connectivity index (χ2v) is 8.11. The van der Waals surface area contributed by atoms with Gasteiger partial charge in [-0.15, -0.1) is 15.0 Å². The molecule has 4 rings (SSSR count). The second kappa shape index (κ2) is 12.6. The van der Waals surface area contributed by atoms with Crippen LogP contribution in [-0.4, -0.2) is 45.0 Å². The molecule has 0 amide bonds. The Kier molecular flexibility index (Phi) is 8.71. The summed E-state index contributed by atoms with van der Waals surface area (Å²) in [6, 6.07) is 9.10. The molecule has 0 aliphatic carbocycles. The fourth-order valence-electron chi connectivity index (χ4n) is 3.56. The van der Waals surface area contributed by atoms with E-state index in [0.29, 0.717) is 0 Å². The number of rotatable bonds is 12. The van der Waals surface area contributed by atoms with Crippen molar-refractivity contribution in [3.05, 3.63) is 102 Å². The van der Waals surface area contributed by atoms with Gasteiger partial charge in [-0.3, -0.25) is 30.3 Å². The minimum absolute atomic E-state index is 0.0245. The van der Waals surface area contributed by atoms with Gasteiger partial charge in [-0.25, -0.2) is 0 Å². The first-order chi connectivity index (χ1) is 20.1. The van der Waals surface area contributed by atoms with Gasteiger partial charge in [0.1, 0.15) is 17.2 Å². The molecule has 3 N–H and O–H groups in total. The van der Waals surface area contributed by atoms with E-state index in [1.807, 2.05) is 0 Å². The van der Waals surface area contributed by atoms with Crippen LogP contribution in [0, 0.1) is 30.3 Å². The van der Waals surface area contributed by atoms with Crippen molar-refractivity contribution in [2.24, 2.45) is 0 Å². The first-order valence-electron chi connectivity index (χ1n) is 11.6. The molecule has 0 bridgehead atoms. The standard InChI is InChI=1S/C24H18N6O12/c31-10-13-7-16(1-4-19(13)28(34)35)40-22-25-23(41-17-2-5-20(29(36)37)14(8-17)11-32)27-24(26-22)42-18-3-6-21(30(38)39)15(9-18)12-33/h1-9,31-33H,10-12H2. The highest BCUT2D eigenvalue weighted by atomic mass is 16.6. The predicted octanol–water partition coefficient (Wildman–Crippen LogP) is 3.45. The molecule has 4 aromatic rings. The average Bonchev–Trinajstić information content (AvgIpc) is 2.96. The number of aromatic nitrogens is 3. The monoisotopic (exact) mass is 582 g/mol. The number of nitro groups is 3. The molecule has 0 atom stereocenters. The zero-order valence-electron chi connectivity index (χ0n) is 21.0. The Morgan fingerprint density at radius 2 is 0.786 bits per heavy atom. The third-order valence-electron chi connectivity index (χ3n) is 5.46. The van der Waals surface area contributed by atoms with Gasteiger partial charge in [0, 0.05) is 18.2 Å². The van der Waals surface area contributed by atoms with Crippen LogP contribution in [0.25, 0.3) is 0 Å². The molecule has 1 heterocycles. The van der Waals surface area contributed by atoms with E-state index in [9.17, 15) is 45.7 Å². The SMILES string of the molecule is O=[N+]([O-])c1ccc(Oc2nc(Oc3ccc([N+](=O)[O-])c(CO)c3)nc(Oc3ccc([N+](=O)[O-])c(CO)c3)n2)cc1CO. The number of nitrogens with zero attached hydrogens (tertiary/aromatic N) is 6. The fraction of sp³-hybridized carbons (Fsp3) is 0.125. The zero-order valence-corrected chi connectivity index (χ0v) is 21.0. The normalized spacial score (nSPS) is 10.6. The highest BCUT2D eigenvalue weighted by Crippen LogP contribution is 2.32. The Bertz CT molecular complexity index is 1480. The summed E-state index contributed by atoms with van der Waals surface area (Å²) >= 11 is 0. The molecule has 0 aliphatic rings. The van der Waals surface area contributed by atoms with Gasteiger partial charge >= 0.3 is 18.0 Å². The maximum atomic E-state index is 11.2. The van der Waals surface area contributed by atoms with Crippen LogP contribution in [0.3, 0.4) is 0 Å². The van der Waals surface area contributed by atoms with Crippen molar-refractivity contribution >= 4 is 17.1 Å². The van der Waals surface area contributed by atoms with Crippen LogP contribution in [-0.2, 0) is 19.8 Å². The van der Waals surface area contributed by atoms with Gasteiger partial charge in [-0.2, -0.15) is 0 Å². The van der Waals surface area contributed by atoms with Crippen molar-refractivity contribution in [3.63, 3.8) is 0 Å². The molecule has 3 aromatic carbocycles. The Hall–Kier alpha value is -5.85. The smallest absolute Gasteiger partial charge is 0.331 e. The maximum Gasteiger partial charge on any atom is 0.331 e. The van der Waals surface area contributed by atoms with Gasteiger partial charge in [0.25, 0.3) is 17.1 Å². The number of hydrogen-bond donors (Lipinski definition) is 3. The van der Waals surface area contributed by atoms with E-state index in [1.54, 1.807) is 0 Å². The van der Waals surface area contributed by atoms with Crippen molar-refractivity contribution in [3.8, 4) is 35.3 Å². The van der Waals surface area contributed by atoms with Gasteiger partial charge in [0.05, 0.1) is 51.3 Å². The quantitative estimate of drug-likeness (QED) is 0.160. The van der Waals surface area contributed by atoms with Crippen LogP contribution in [0.2, 0.25) is 0 Å². The summed E-state index contributed by atoms with van der Waals surface area (Å²) in [5.74, 6) is -0.0735. The van der Waals surface area contributed by atoms with Crippen molar-refractivity contribution in [1.82, 2.24) is 15.0 Å². The first kappa shape index (κ1) is 29.1. The number of hydrogen-bond acceptors (Lipinski definition) is 15. The molecular formula is C24H18N6O12. The summed E-state index contributed by atoms with van der Waals surface area (Å²) in [7, 11) is 0. The maximum absolute atomic E-state index is 11.2. The minimum Gasteiger partial charge on any atom is -0.424 e. The number of nitro benzene ring substituents is 3. The molecule has 0 radical (unpaired) electrons. The fourth-order valence-corrected chi connectivity index (χ4v) is 3.56. The number of ether oxygens (including phenoxy) is 3. The molecule has 0 unspecified atom stereocenters. The lowest BCUT2D eigenvalue weighted by atomic mass is 10.2. The summed E-state index contributed by atoms with van der Waals surface area (Å²) in [6.07, 6.45) is 0. The molecule has 42 heavy (non-hydrogen) atoms. The summed E-state index contributed by atoms with van der Waals surface area (Å²) in [5.41, 5.74) is -1.27. The van der Waals surface area contributed by atoms with E-state index in [-0.39, 0.29) is 51.0 Å². The highest BCUT2D eigenvalue weighted by Gasteiger charge is 2.20. The van der Waals surface area contributed by atoms with E-state index < -0.39 is 52.6 Å². The molecule has 0 spiro atoms. The lowest BCUT2D eigenvalue weighted by molar-refractivity contribution is -0.386. The Labute approximate surface area is 233 Å². The summed E-state index contributed by atoms with van der Waals surface area (Å²) < 4.78 is 16.8. The molecule has 0 aliphatic heterocycles. The van der Waals surface area contributed by atoms with Gasteiger partial charge in [-0.05, 0) is 36.4 Å². The van der Waals surface area contributed by atoms with Crippen LogP contribution in [0.4, 0.5) is 17.1 Å². The van der Waals surface area contributed by atoms with Gasteiger partial charge in [0.2, 0.25) is 0 Å². The Balaban J connectivity index is 1.72. The van der Waals surface area contributed by atoms with Crippen molar-refractivity contribution in [2.75, 3.05) is 0 Å². The number of aliphatic hydroxyl groups is 3. The second-order valence-electron chi connectivity index (χ2n) is 8.11. The molecule has 0 saturated carbocycles. The van der Waals surface area contributed by atoms with Gasteiger partial charge < -0.3 is 29.5 Å². The lowest BCUT2D eigenvalue weighted by Gasteiger charge is -2.11. The van der Waals surface area contributed by atoms with Gasteiger partial charge in [0.15, 0.2) is 0 Å². The van der Waals surface area contributed by atoms with Crippen LogP contribution < -0.4 is 14.2 Å². The van der Waals surface area contributed by atoms with Crippen molar-refractivity contribution in [2.45, 2.75) is 19.8 Å². The van der Waals surface area contributed by atoms with Crippen LogP contribution in [0.15, 0.2) is 54.6 Å². The largest absolute Gasteiger partial charge is 0.424 e. The van der Waals surface area contributed by atoms with E-state index in [1.165, 1.54) is 36.4 Å². The van der Waals surface area contributed by atoms with Crippen molar-refractivity contribution in [1.29, 1.82) is 0 Å². The number of benzene rings is 3. The molecule has 0 fully saturated rings. The average molecular weight is 582 g/mol. The highest BCUT2D eigenvalue weighted by molar-refractivity contribution is 5.47. The van der Waals surface area contributed by atoms with Crippen LogP contribution >= 0.6 is 0 Å². The van der Waals surface area contributed by atoms with E-state index in [4.69, 9.17) is 14.2 Å². The summed E-state index contributed by atoms with van der Waals surface area (Å²) in [6.45, 7) is -2.02. The number of aliphatic hydroxyl groups excluding tert-OH is 3. The topological polar surface area (TPSA) is 256 Å². The molecule has 216 valence electrons.